The standard InChI is InChI=1S/C32H32FN3O4/c1-21(2)16-30(37)36-15-12-23-6-7-26(18-28(23)31(36)24-4-3-5-25(33)17-24)39-20-27-8-9-29(40-27)32(38)35-19-22-10-13-34-14-11-22/h3-11,13-14,17-18,21,31H,12,15-16,19-20H2,1-2H3,(H,35,38). The molecule has 0 saturated carbocycles. The largest absolute Gasteiger partial charge is 0.486 e. The molecule has 2 amide bonds. The molecular formula is C32H32FN3O4. The number of hydrogen-bond acceptors (Lipinski definition) is 5. The highest BCUT2D eigenvalue weighted by Gasteiger charge is 2.32. The Hall–Kier alpha value is -4.46. The van der Waals surface area contributed by atoms with Gasteiger partial charge in [-0.2, -0.15) is 0 Å². The Kier molecular flexibility index (Phi) is 8.24. The number of amides is 2. The Bertz CT molecular complexity index is 1480. The monoisotopic (exact) mass is 541 g/mol. The molecule has 4 aromatic rings. The molecule has 0 saturated heterocycles. The molecule has 8 heteroatoms. The fourth-order valence-corrected chi connectivity index (χ4v) is 4.96. The van der Waals surface area contributed by atoms with Crippen molar-refractivity contribution < 1.29 is 23.1 Å². The van der Waals surface area contributed by atoms with Gasteiger partial charge in [0.05, 0.1) is 6.04 Å². The van der Waals surface area contributed by atoms with Crippen molar-refractivity contribution in [3.63, 3.8) is 0 Å². The van der Waals surface area contributed by atoms with Crippen LogP contribution < -0.4 is 10.1 Å². The summed E-state index contributed by atoms with van der Waals surface area (Å²) in [5.74, 6) is 0.899. The summed E-state index contributed by atoms with van der Waals surface area (Å²) in [6, 6.07) is 18.8. The molecule has 1 unspecified atom stereocenters. The van der Waals surface area contributed by atoms with E-state index in [0.717, 1.165) is 22.3 Å². The summed E-state index contributed by atoms with van der Waals surface area (Å²) in [6.45, 7) is 5.09. The van der Waals surface area contributed by atoms with Crippen LogP contribution in [0.1, 0.15) is 64.9 Å². The van der Waals surface area contributed by atoms with Crippen molar-refractivity contribution in [3.8, 4) is 5.75 Å². The summed E-state index contributed by atoms with van der Waals surface area (Å²) < 4.78 is 26.0. The molecule has 7 nitrogen and oxygen atoms in total. The first-order chi connectivity index (χ1) is 19.4. The normalized spacial score (nSPS) is 14.6. The first kappa shape index (κ1) is 27.1. The molecule has 1 N–H and O–H groups in total. The maximum absolute atomic E-state index is 14.2. The van der Waals surface area contributed by atoms with Crippen molar-refractivity contribution in [1.29, 1.82) is 0 Å². The number of hydrogen-bond donors (Lipinski definition) is 1. The van der Waals surface area contributed by atoms with E-state index in [1.54, 1.807) is 30.6 Å². The van der Waals surface area contributed by atoms with E-state index in [-0.39, 0.29) is 35.9 Å². The van der Waals surface area contributed by atoms with Crippen molar-refractivity contribution in [2.24, 2.45) is 5.92 Å². The number of nitrogens with one attached hydrogen (secondary N) is 1. The number of fused-ring (bicyclic) bond motifs is 1. The zero-order valence-corrected chi connectivity index (χ0v) is 22.6. The fourth-order valence-electron chi connectivity index (χ4n) is 4.96. The molecule has 40 heavy (non-hydrogen) atoms. The van der Waals surface area contributed by atoms with E-state index in [9.17, 15) is 14.0 Å². The summed E-state index contributed by atoms with van der Waals surface area (Å²) >= 11 is 0. The van der Waals surface area contributed by atoms with E-state index in [0.29, 0.717) is 37.4 Å². The second-order valence-corrected chi connectivity index (χ2v) is 10.3. The predicted molar refractivity (Wildman–Crippen MR) is 148 cm³/mol. The molecule has 1 atom stereocenters. The summed E-state index contributed by atoms with van der Waals surface area (Å²) in [5.41, 5.74) is 3.68. The molecule has 5 rings (SSSR count). The number of aromatic nitrogens is 1. The molecule has 3 heterocycles. The molecule has 2 aromatic carbocycles. The summed E-state index contributed by atoms with van der Waals surface area (Å²) in [4.78, 5) is 31.5. The second kappa shape index (κ2) is 12.2. The first-order valence-electron chi connectivity index (χ1n) is 13.4. The third-order valence-electron chi connectivity index (χ3n) is 6.88. The van der Waals surface area contributed by atoms with Crippen LogP contribution in [0.2, 0.25) is 0 Å². The maximum Gasteiger partial charge on any atom is 0.287 e. The van der Waals surface area contributed by atoms with Crippen LogP contribution in [0.15, 0.2) is 83.5 Å². The van der Waals surface area contributed by atoms with Crippen molar-refractivity contribution in [2.45, 2.75) is 45.9 Å². The zero-order valence-electron chi connectivity index (χ0n) is 22.6. The summed E-state index contributed by atoms with van der Waals surface area (Å²) in [7, 11) is 0. The Morgan fingerprint density at radius 1 is 1.10 bits per heavy atom. The number of carbonyl (C=O) groups excluding carboxylic acids is 2. The minimum atomic E-state index is -0.409. The van der Waals surface area contributed by atoms with Crippen LogP contribution in [0, 0.1) is 11.7 Å². The molecule has 0 bridgehead atoms. The van der Waals surface area contributed by atoms with Gasteiger partial charge in [0.15, 0.2) is 5.76 Å². The zero-order chi connectivity index (χ0) is 28.1. The Morgan fingerprint density at radius 3 is 2.70 bits per heavy atom. The molecule has 0 radical (unpaired) electrons. The van der Waals surface area contributed by atoms with Crippen LogP contribution in [-0.2, 0) is 24.4 Å². The van der Waals surface area contributed by atoms with Crippen LogP contribution >= 0.6 is 0 Å². The quantitative estimate of drug-likeness (QED) is 0.288. The first-order valence-corrected chi connectivity index (χ1v) is 13.4. The third kappa shape index (κ3) is 6.39. The number of rotatable bonds is 9. The Labute approximate surface area is 233 Å². The minimum absolute atomic E-state index is 0.0477. The van der Waals surface area contributed by atoms with E-state index < -0.39 is 6.04 Å². The lowest BCUT2D eigenvalue weighted by molar-refractivity contribution is -0.134. The highest BCUT2D eigenvalue weighted by atomic mass is 19.1. The van der Waals surface area contributed by atoms with Gasteiger partial charge in [-0.15, -0.1) is 0 Å². The number of nitrogens with zero attached hydrogens (tertiary/aromatic N) is 2. The smallest absolute Gasteiger partial charge is 0.287 e. The van der Waals surface area contributed by atoms with E-state index in [1.807, 2.05) is 55.1 Å². The van der Waals surface area contributed by atoms with Gasteiger partial charge in [0.2, 0.25) is 5.91 Å². The minimum Gasteiger partial charge on any atom is -0.486 e. The fraction of sp³-hybridized carbons (Fsp3) is 0.281. The van der Waals surface area contributed by atoms with Crippen LogP contribution in [0.4, 0.5) is 4.39 Å². The summed E-state index contributed by atoms with van der Waals surface area (Å²) in [6.07, 6.45) is 4.48. The van der Waals surface area contributed by atoms with Crippen LogP contribution in [-0.4, -0.2) is 28.2 Å². The molecule has 0 fully saturated rings. The number of furan rings is 1. The lowest BCUT2D eigenvalue weighted by Gasteiger charge is -2.38. The average Bonchev–Trinajstić information content (AvgIpc) is 3.43. The van der Waals surface area contributed by atoms with Gasteiger partial charge in [0.25, 0.3) is 5.91 Å². The van der Waals surface area contributed by atoms with Gasteiger partial charge in [-0.25, -0.2) is 4.39 Å². The van der Waals surface area contributed by atoms with Crippen LogP contribution in [0.3, 0.4) is 0 Å². The van der Waals surface area contributed by atoms with Crippen molar-refractivity contribution >= 4 is 11.8 Å². The topological polar surface area (TPSA) is 84.7 Å². The molecular weight excluding hydrogens is 509 g/mol. The van der Waals surface area contributed by atoms with Crippen molar-refractivity contribution in [2.75, 3.05) is 6.54 Å². The molecule has 1 aliphatic heterocycles. The van der Waals surface area contributed by atoms with Gasteiger partial charge >= 0.3 is 0 Å². The second-order valence-electron chi connectivity index (χ2n) is 10.3. The highest BCUT2D eigenvalue weighted by Crippen LogP contribution is 2.38. The molecule has 1 aliphatic rings. The van der Waals surface area contributed by atoms with E-state index in [4.69, 9.17) is 9.15 Å². The predicted octanol–water partition coefficient (Wildman–Crippen LogP) is 5.84. The Balaban J connectivity index is 1.31. The van der Waals surface area contributed by atoms with Gasteiger partial charge in [-0.3, -0.25) is 14.6 Å². The number of ether oxygens (including phenoxy) is 1. The number of halogens is 1. The van der Waals surface area contributed by atoms with E-state index >= 15 is 0 Å². The average molecular weight is 542 g/mol. The molecule has 0 aliphatic carbocycles. The van der Waals surface area contributed by atoms with E-state index in [2.05, 4.69) is 10.3 Å². The van der Waals surface area contributed by atoms with Gasteiger partial charge in [0, 0.05) is 31.9 Å². The van der Waals surface area contributed by atoms with Gasteiger partial charge < -0.3 is 19.4 Å². The van der Waals surface area contributed by atoms with Crippen LogP contribution in [0.5, 0.6) is 5.75 Å². The third-order valence-corrected chi connectivity index (χ3v) is 6.88. The van der Waals surface area contributed by atoms with Crippen LogP contribution in [0.25, 0.3) is 0 Å². The van der Waals surface area contributed by atoms with Gasteiger partial charge in [-0.1, -0.05) is 32.0 Å². The molecule has 0 spiro atoms. The number of carbonyl (C=O) groups is 2. The van der Waals surface area contributed by atoms with E-state index in [1.165, 1.54) is 12.1 Å². The van der Waals surface area contributed by atoms with Crippen molar-refractivity contribution in [3.05, 3.63) is 119 Å². The summed E-state index contributed by atoms with van der Waals surface area (Å²) in [5, 5.41) is 2.83. The Morgan fingerprint density at radius 2 is 1.93 bits per heavy atom. The van der Waals surface area contributed by atoms with Crippen molar-refractivity contribution in [1.82, 2.24) is 15.2 Å². The number of pyridine rings is 1. The highest BCUT2D eigenvalue weighted by molar-refractivity contribution is 5.91. The molecule has 2 aromatic heterocycles. The van der Waals surface area contributed by atoms with Gasteiger partial charge in [-0.05, 0) is 83.1 Å². The maximum atomic E-state index is 14.2. The lowest BCUT2D eigenvalue weighted by atomic mass is 9.87. The molecule has 206 valence electrons. The SMILES string of the molecule is CC(C)CC(=O)N1CCc2ccc(OCc3ccc(C(=O)NCc4ccncc4)o3)cc2C1c1cccc(F)c1. The number of benzene rings is 2. The van der Waals surface area contributed by atoms with Gasteiger partial charge in [0.1, 0.15) is 23.9 Å². The lowest BCUT2D eigenvalue weighted by Crippen LogP contribution is -2.41.